The lowest BCUT2D eigenvalue weighted by Gasteiger charge is -2.11. The van der Waals surface area contributed by atoms with E-state index >= 15 is 0 Å². The number of nitrogens with zero attached hydrogens (tertiary/aromatic N) is 1. The minimum absolute atomic E-state index is 0.0419. The minimum Gasteiger partial charge on any atom is -0.342 e. The minimum atomic E-state index is -0.241. The average molecular weight is 340 g/mol. The summed E-state index contributed by atoms with van der Waals surface area (Å²) < 4.78 is 13.8. The number of hydrogen-bond acceptors (Lipinski definition) is 3. The van der Waals surface area contributed by atoms with E-state index in [1.807, 2.05) is 32.2 Å². The number of aromatic nitrogens is 2. The number of carbonyl (C=O) groups is 1. The van der Waals surface area contributed by atoms with Crippen LogP contribution in [0.15, 0.2) is 42.5 Å². The molecule has 25 heavy (non-hydrogen) atoms. The third kappa shape index (κ3) is 4.03. The zero-order valence-corrected chi connectivity index (χ0v) is 14.3. The normalized spacial score (nSPS) is 12.3. The van der Waals surface area contributed by atoms with E-state index in [-0.39, 0.29) is 17.6 Å². The van der Waals surface area contributed by atoms with Crippen LogP contribution in [0.3, 0.4) is 0 Å². The fourth-order valence-electron chi connectivity index (χ4n) is 2.71. The van der Waals surface area contributed by atoms with Gasteiger partial charge in [-0.15, -0.1) is 0 Å². The van der Waals surface area contributed by atoms with Gasteiger partial charge in [-0.2, -0.15) is 0 Å². The van der Waals surface area contributed by atoms with Crippen LogP contribution in [0.5, 0.6) is 0 Å². The number of fused-ring (bicyclic) bond motifs is 1. The van der Waals surface area contributed by atoms with E-state index in [9.17, 15) is 9.18 Å². The number of H-pyrrole nitrogens is 1. The third-order valence-corrected chi connectivity index (χ3v) is 4.07. The molecule has 2 aromatic carbocycles. The molecule has 1 aromatic heterocycles. The first-order chi connectivity index (χ1) is 12.1. The highest BCUT2D eigenvalue weighted by atomic mass is 19.1. The monoisotopic (exact) mass is 340 g/mol. The Morgan fingerprint density at radius 1 is 1.28 bits per heavy atom. The summed E-state index contributed by atoms with van der Waals surface area (Å²) in [4.78, 5) is 19.8. The summed E-state index contributed by atoms with van der Waals surface area (Å²) in [6, 6.07) is 12.2. The molecule has 1 heterocycles. The van der Waals surface area contributed by atoms with Gasteiger partial charge in [0.1, 0.15) is 11.6 Å². The Labute approximate surface area is 145 Å². The number of imidazole rings is 1. The summed E-state index contributed by atoms with van der Waals surface area (Å²) in [7, 11) is 1.82. The van der Waals surface area contributed by atoms with Crippen molar-refractivity contribution in [2.75, 3.05) is 18.9 Å². The van der Waals surface area contributed by atoms with E-state index in [0.717, 1.165) is 11.0 Å². The number of rotatable bonds is 6. The standard InChI is InChI=1S/C19H21FN4O/c1-12(11-21-2)19(25)22-14-7-8-16-17(10-14)24-18(23-16)9-13-5-3-4-6-15(13)20/h3-8,10,12,21H,9,11H2,1-2H3,(H,22,25)(H,23,24). The van der Waals surface area contributed by atoms with Crippen LogP contribution in [0.4, 0.5) is 10.1 Å². The maximum absolute atomic E-state index is 13.8. The lowest BCUT2D eigenvalue weighted by molar-refractivity contribution is -0.119. The summed E-state index contributed by atoms with van der Waals surface area (Å²) in [5.74, 6) is 0.278. The molecule has 3 aromatic rings. The van der Waals surface area contributed by atoms with E-state index in [0.29, 0.717) is 30.0 Å². The second kappa shape index (κ2) is 7.44. The first-order valence-corrected chi connectivity index (χ1v) is 8.24. The Bertz CT molecular complexity index is 890. The highest BCUT2D eigenvalue weighted by Gasteiger charge is 2.13. The fourth-order valence-corrected chi connectivity index (χ4v) is 2.71. The molecule has 0 radical (unpaired) electrons. The highest BCUT2D eigenvalue weighted by molar-refractivity contribution is 5.94. The molecule has 1 amide bonds. The van der Waals surface area contributed by atoms with Gasteiger partial charge in [0.25, 0.3) is 0 Å². The van der Waals surface area contributed by atoms with Gasteiger partial charge in [-0.05, 0) is 36.9 Å². The molecule has 0 aliphatic carbocycles. The molecular formula is C19H21FN4O. The smallest absolute Gasteiger partial charge is 0.228 e. The van der Waals surface area contributed by atoms with Gasteiger partial charge in [0.05, 0.1) is 11.0 Å². The number of halogens is 1. The van der Waals surface area contributed by atoms with Crippen molar-refractivity contribution in [2.45, 2.75) is 13.3 Å². The van der Waals surface area contributed by atoms with Crippen LogP contribution >= 0.6 is 0 Å². The zero-order valence-electron chi connectivity index (χ0n) is 14.3. The van der Waals surface area contributed by atoms with Crippen molar-refractivity contribution >= 4 is 22.6 Å². The van der Waals surface area contributed by atoms with E-state index in [1.54, 1.807) is 18.2 Å². The van der Waals surface area contributed by atoms with Crippen LogP contribution in [0.25, 0.3) is 11.0 Å². The van der Waals surface area contributed by atoms with Gasteiger partial charge in [0.2, 0.25) is 5.91 Å². The van der Waals surface area contributed by atoms with Crippen LogP contribution in [0.2, 0.25) is 0 Å². The first-order valence-electron chi connectivity index (χ1n) is 8.24. The van der Waals surface area contributed by atoms with Crippen LogP contribution in [0.1, 0.15) is 18.3 Å². The molecule has 0 bridgehead atoms. The van der Waals surface area contributed by atoms with Crippen molar-refractivity contribution in [3.63, 3.8) is 0 Å². The fraction of sp³-hybridized carbons (Fsp3) is 0.263. The lowest BCUT2D eigenvalue weighted by Crippen LogP contribution is -2.28. The molecule has 0 fully saturated rings. The van der Waals surface area contributed by atoms with Gasteiger partial charge in [-0.3, -0.25) is 4.79 Å². The summed E-state index contributed by atoms with van der Waals surface area (Å²) in [5, 5.41) is 5.89. The number of hydrogen-bond donors (Lipinski definition) is 3. The van der Waals surface area contributed by atoms with Crippen LogP contribution < -0.4 is 10.6 Å². The molecular weight excluding hydrogens is 319 g/mol. The van der Waals surface area contributed by atoms with Crippen molar-refractivity contribution in [3.8, 4) is 0 Å². The van der Waals surface area contributed by atoms with E-state index in [1.165, 1.54) is 6.07 Å². The molecule has 1 unspecified atom stereocenters. The number of anilines is 1. The molecule has 0 aliphatic rings. The van der Waals surface area contributed by atoms with Crippen molar-refractivity contribution in [1.29, 1.82) is 0 Å². The molecule has 130 valence electrons. The lowest BCUT2D eigenvalue weighted by atomic mass is 10.1. The Morgan fingerprint density at radius 3 is 2.84 bits per heavy atom. The number of amides is 1. The summed E-state index contributed by atoms with van der Waals surface area (Å²) in [6.07, 6.45) is 0.391. The summed E-state index contributed by atoms with van der Waals surface area (Å²) in [6.45, 7) is 2.48. The topological polar surface area (TPSA) is 69.8 Å². The average Bonchev–Trinajstić information content (AvgIpc) is 2.98. The molecule has 0 saturated carbocycles. The van der Waals surface area contributed by atoms with Crippen molar-refractivity contribution in [2.24, 2.45) is 5.92 Å². The summed E-state index contributed by atoms with van der Waals surface area (Å²) >= 11 is 0. The quantitative estimate of drug-likeness (QED) is 0.646. The van der Waals surface area contributed by atoms with Gasteiger partial charge in [0.15, 0.2) is 0 Å². The summed E-state index contributed by atoms with van der Waals surface area (Å²) in [5.41, 5.74) is 2.90. The molecule has 1 atom stereocenters. The van der Waals surface area contributed by atoms with Gasteiger partial charge in [-0.25, -0.2) is 9.37 Å². The Balaban J connectivity index is 1.77. The molecule has 3 rings (SSSR count). The van der Waals surface area contributed by atoms with Crippen molar-refractivity contribution in [1.82, 2.24) is 15.3 Å². The maximum Gasteiger partial charge on any atom is 0.228 e. The maximum atomic E-state index is 13.8. The highest BCUT2D eigenvalue weighted by Crippen LogP contribution is 2.20. The van der Waals surface area contributed by atoms with Crippen LogP contribution in [0, 0.1) is 11.7 Å². The molecule has 6 heteroatoms. The molecule has 0 aliphatic heterocycles. The Morgan fingerprint density at radius 2 is 2.08 bits per heavy atom. The number of carbonyl (C=O) groups excluding carboxylic acids is 1. The van der Waals surface area contributed by atoms with Crippen molar-refractivity contribution < 1.29 is 9.18 Å². The van der Waals surface area contributed by atoms with Gasteiger partial charge in [0, 0.05) is 24.6 Å². The number of nitrogens with one attached hydrogen (secondary N) is 3. The first kappa shape index (κ1) is 17.1. The van der Waals surface area contributed by atoms with Gasteiger partial charge >= 0.3 is 0 Å². The molecule has 0 spiro atoms. The Hall–Kier alpha value is -2.73. The predicted octanol–water partition coefficient (Wildman–Crippen LogP) is 3.09. The van der Waals surface area contributed by atoms with Crippen molar-refractivity contribution in [3.05, 3.63) is 59.7 Å². The second-order valence-corrected chi connectivity index (χ2v) is 6.13. The largest absolute Gasteiger partial charge is 0.342 e. The second-order valence-electron chi connectivity index (χ2n) is 6.13. The Kier molecular flexibility index (Phi) is 5.09. The van der Waals surface area contributed by atoms with Gasteiger partial charge < -0.3 is 15.6 Å². The van der Waals surface area contributed by atoms with E-state index < -0.39 is 0 Å². The van der Waals surface area contributed by atoms with E-state index in [2.05, 4.69) is 20.6 Å². The molecule has 0 saturated heterocycles. The molecule has 5 nitrogen and oxygen atoms in total. The predicted molar refractivity (Wildman–Crippen MR) is 97.0 cm³/mol. The molecule has 3 N–H and O–H groups in total. The van der Waals surface area contributed by atoms with Gasteiger partial charge in [-0.1, -0.05) is 25.1 Å². The third-order valence-electron chi connectivity index (χ3n) is 4.07. The number of aromatic amines is 1. The van der Waals surface area contributed by atoms with Crippen LogP contribution in [-0.2, 0) is 11.2 Å². The SMILES string of the molecule is CNCC(C)C(=O)Nc1ccc2nc(Cc3ccccc3F)[nH]c2c1. The van der Waals surface area contributed by atoms with Crippen LogP contribution in [-0.4, -0.2) is 29.5 Å². The van der Waals surface area contributed by atoms with E-state index in [4.69, 9.17) is 0 Å². The zero-order chi connectivity index (χ0) is 17.8. The number of benzene rings is 2.